The first-order chi connectivity index (χ1) is 15.5. The quantitative estimate of drug-likeness (QED) is 0.644. The molecule has 170 valence electrons. The van der Waals surface area contributed by atoms with E-state index in [2.05, 4.69) is 5.32 Å². The summed E-state index contributed by atoms with van der Waals surface area (Å²) in [4.78, 5) is 40.8. The fourth-order valence-corrected chi connectivity index (χ4v) is 3.66. The normalized spacial score (nSPS) is 13.9. The molecule has 0 unspecified atom stereocenters. The van der Waals surface area contributed by atoms with Crippen LogP contribution in [0.1, 0.15) is 35.2 Å². The van der Waals surface area contributed by atoms with Crippen molar-refractivity contribution in [3.8, 4) is 5.75 Å². The lowest BCUT2D eigenvalue weighted by molar-refractivity contribution is -0.133. The Morgan fingerprint density at radius 3 is 2.25 bits per heavy atom. The van der Waals surface area contributed by atoms with Crippen molar-refractivity contribution in [3.63, 3.8) is 0 Å². The predicted octanol–water partition coefficient (Wildman–Crippen LogP) is 2.64. The van der Waals surface area contributed by atoms with Gasteiger partial charge in [-0.15, -0.1) is 0 Å². The van der Waals surface area contributed by atoms with Gasteiger partial charge in [0.1, 0.15) is 5.75 Å². The zero-order valence-corrected chi connectivity index (χ0v) is 18.6. The first kappa shape index (κ1) is 23.3. The van der Waals surface area contributed by atoms with Gasteiger partial charge in [-0.3, -0.25) is 14.4 Å². The summed E-state index contributed by atoms with van der Waals surface area (Å²) in [6.45, 7) is 4.66. The van der Waals surface area contributed by atoms with E-state index in [9.17, 15) is 14.4 Å². The van der Waals surface area contributed by atoms with Crippen LogP contribution in [0, 0.1) is 6.92 Å². The minimum Gasteiger partial charge on any atom is -0.493 e. The third kappa shape index (κ3) is 6.83. The lowest BCUT2D eigenvalue weighted by atomic mass is 10.2. The highest BCUT2D eigenvalue weighted by molar-refractivity contribution is 5.96. The molecule has 3 amide bonds. The molecular weight excluding hydrogens is 406 g/mol. The van der Waals surface area contributed by atoms with Crippen LogP contribution in [0.4, 0.5) is 0 Å². The molecule has 0 bridgehead atoms. The molecular formula is C25H31N3O4. The number of carbonyl (C=O) groups excluding carboxylic acids is 3. The summed E-state index contributed by atoms with van der Waals surface area (Å²) in [5.74, 6) is 0.544. The fraction of sp³-hybridized carbons (Fsp3) is 0.400. The monoisotopic (exact) mass is 437 g/mol. The van der Waals surface area contributed by atoms with Crippen LogP contribution in [0.15, 0.2) is 54.6 Å². The summed E-state index contributed by atoms with van der Waals surface area (Å²) < 4.78 is 5.77. The number of amides is 3. The van der Waals surface area contributed by atoms with Gasteiger partial charge in [0.2, 0.25) is 11.8 Å². The van der Waals surface area contributed by atoms with Crippen LogP contribution in [-0.2, 0) is 9.59 Å². The molecule has 32 heavy (non-hydrogen) atoms. The Morgan fingerprint density at radius 1 is 0.875 bits per heavy atom. The van der Waals surface area contributed by atoms with Crippen LogP contribution in [0.25, 0.3) is 0 Å². The molecule has 1 heterocycles. The molecule has 0 saturated carbocycles. The summed E-state index contributed by atoms with van der Waals surface area (Å²) in [6.07, 6.45) is 1.80. The average molecular weight is 438 g/mol. The van der Waals surface area contributed by atoms with Gasteiger partial charge in [0.15, 0.2) is 0 Å². The van der Waals surface area contributed by atoms with Crippen LogP contribution in [0.2, 0.25) is 0 Å². The zero-order valence-electron chi connectivity index (χ0n) is 18.6. The number of hydrogen-bond acceptors (Lipinski definition) is 4. The minimum absolute atomic E-state index is 0.0437. The van der Waals surface area contributed by atoms with Crippen LogP contribution < -0.4 is 10.1 Å². The van der Waals surface area contributed by atoms with Gasteiger partial charge in [0, 0.05) is 38.2 Å². The first-order valence-corrected chi connectivity index (χ1v) is 11.1. The van der Waals surface area contributed by atoms with Gasteiger partial charge >= 0.3 is 0 Å². The second-order valence-corrected chi connectivity index (χ2v) is 7.88. The number of nitrogens with one attached hydrogen (secondary N) is 1. The summed E-state index contributed by atoms with van der Waals surface area (Å²) in [6, 6.07) is 16.7. The number of rotatable bonds is 8. The van der Waals surface area contributed by atoms with E-state index in [0.717, 1.165) is 17.7 Å². The highest BCUT2D eigenvalue weighted by Crippen LogP contribution is 2.16. The Labute approximate surface area is 189 Å². The third-order valence-corrected chi connectivity index (χ3v) is 5.52. The van der Waals surface area contributed by atoms with Crippen molar-refractivity contribution in [1.29, 1.82) is 0 Å². The molecule has 0 radical (unpaired) electrons. The second-order valence-electron chi connectivity index (χ2n) is 7.88. The molecule has 0 spiro atoms. The summed E-state index contributed by atoms with van der Waals surface area (Å²) in [5.41, 5.74) is 1.61. The van der Waals surface area contributed by atoms with Crippen LogP contribution >= 0.6 is 0 Å². The number of carbonyl (C=O) groups is 3. The number of hydrogen-bond donors (Lipinski definition) is 1. The van der Waals surface area contributed by atoms with Crippen molar-refractivity contribution in [2.75, 3.05) is 39.3 Å². The number of aryl methyl sites for hydroxylation is 1. The molecule has 0 atom stereocenters. The molecule has 1 N–H and O–H groups in total. The minimum atomic E-state index is -0.265. The predicted molar refractivity (Wildman–Crippen MR) is 122 cm³/mol. The van der Waals surface area contributed by atoms with E-state index in [1.54, 1.807) is 29.2 Å². The van der Waals surface area contributed by atoms with Crippen LogP contribution in [0.5, 0.6) is 5.75 Å². The van der Waals surface area contributed by atoms with Crippen molar-refractivity contribution < 1.29 is 19.1 Å². The van der Waals surface area contributed by atoms with E-state index in [0.29, 0.717) is 51.2 Å². The van der Waals surface area contributed by atoms with Crippen molar-refractivity contribution in [2.24, 2.45) is 0 Å². The highest BCUT2D eigenvalue weighted by atomic mass is 16.5. The second kappa shape index (κ2) is 11.9. The average Bonchev–Trinajstić information content (AvgIpc) is 3.08. The maximum atomic E-state index is 12.6. The first-order valence-electron chi connectivity index (χ1n) is 11.1. The molecule has 2 aromatic carbocycles. The van der Waals surface area contributed by atoms with Crippen molar-refractivity contribution in [2.45, 2.75) is 26.2 Å². The van der Waals surface area contributed by atoms with E-state index in [-0.39, 0.29) is 24.3 Å². The number of nitrogens with zero attached hydrogens (tertiary/aromatic N) is 2. The SMILES string of the molecule is Cc1ccccc1OCCCC(=O)N1CCCN(C(=O)CNC(=O)c2ccccc2)CC1. The molecule has 1 aliphatic heterocycles. The summed E-state index contributed by atoms with van der Waals surface area (Å²) in [5, 5.41) is 2.68. The Morgan fingerprint density at radius 2 is 1.53 bits per heavy atom. The Kier molecular flexibility index (Phi) is 8.66. The number of ether oxygens (including phenoxy) is 1. The molecule has 7 heteroatoms. The van der Waals surface area contributed by atoms with E-state index in [1.165, 1.54) is 0 Å². The molecule has 1 saturated heterocycles. The lowest BCUT2D eigenvalue weighted by Crippen LogP contribution is -2.42. The maximum absolute atomic E-state index is 12.6. The van der Waals surface area contributed by atoms with Gasteiger partial charge in [0.05, 0.1) is 13.2 Å². The Bertz CT molecular complexity index is 916. The Balaban J connectivity index is 1.37. The number of para-hydroxylation sites is 1. The smallest absolute Gasteiger partial charge is 0.251 e. The largest absolute Gasteiger partial charge is 0.493 e. The van der Waals surface area contributed by atoms with E-state index < -0.39 is 0 Å². The molecule has 2 aromatic rings. The number of benzene rings is 2. The van der Waals surface area contributed by atoms with Crippen LogP contribution in [-0.4, -0.2) is 66.9 Å². The van der Waals surface area contributed by atoms with E-state index in [1.807, 2.05) is 42.2 Å². The lowest BCUT2D eigenvalue weighted by Gasteiger charge is -2.22. The van der Waals surface area contributed by atoms with Crippen molar-refractivity contribution in [1.82, 2.24) is 15.1 Å². The Hall–Kier alpha value is -3.35. The van der Waals surface area contributed by atoms with E-state index >= 15 is 0 Å². The highest BCUT2D eigenvalue weighted by Gasteiger charge is 2.22. The third-order valence-electron chi connectivity index (χ3n) is 5.52. The molecule has 3 rings (SSSR count). The van der Waals surface area contributed by atoms with Gasteiger partial charge in [-0.05, 0) is 43.5 Å². The fourth-order valence-electron chi connectivity index (χ4n) is 3.66. The van der Waals surface area contributed by atoms with Gasteiger partial charge in [-0.1, -0.05) is 36.4 Å². The molecule has 7 nitrogen and oxygen atoms in total. The molecule has 0 aromatic heterocycles. The van der Waals surface area contributed by atoms with Gasteiger partial charge in [-0.2, -0.15) is 0 Å². The van der Waals surface area contributed by atoms with Gasteiger partial charge in [-0.25, -0.2) is 0 Å². The molecule has 0 aliphatic carbocycles. The summed E-state index contributed by atoms with van der Waals surface area (Å²) in [7, 11) is 0. The van der Waals surface area contributed by atoms with E-state index in [4.69, 9.17) is 4.74 Å². The maximum Gasteiger partial charge on any atom is 0.251 e. The van der Waals surface area contributed by atoms with Gasteiger partial charge in [0.25, 0.3) is 5.91 Å². The van der Waals surface area contributed by atoms with Crippen molar-refractivity contribution >= 4 is 17.7 Å². The topological polar surface area (TPSA) is 79.0 Å². The molecule has 1 aliphatic rings. The molecule has 1 fully saturated rings. The zero-order chi connectivity index (χ0) is 22.8. The summed E-state index contributed by atoms with van der Waals surface area (Å²) >= 11 is 0. The van der Waals surface area contributed by atoms with Crippen molar-refractivity contribution in [3.05, 3.63) is 65.7 Å². The van der Waals surface area contributed by atoms with Crippen LogP contribution in [0.3, 0.4) is 0 Å². The van der Waals surface area contributed by atoms with Gasteiger partial charge < -0.3 is 19.9 Å². The standard InChI is InChI=1S/C25H31N3O4/c1-20-9-5-6-12-22(20)32-18-7-13-23(29)27-14-8-15-28(17-16-27)24(30)19-26-25(31)21-10-3-2-4-11-21/h2-6,9-12H,7-8,13-19H2,1H3,(H,26,31).